The first-order valence-corrected chi connectivity index (χ1v) is 10.0. The maximum absolute atomic E-state index is 12.8. The Labute approximate surface area is 162 Å². The van der Waals surface area contributed by atoms with Crippen molar-refractivity contribution in [1.29, 1.82) is 0 Å². The van der Waals surface area contributed by atoms with Crippen LogP contribution in [-0.2, 0) is 11.2 Å². The maximum Gasteiger partial charge on any atom is 0.335 e. The largest absolute Gasteiger partial charge is 0.478 e. The minimum atomic E-state index is -0.932. The van der Waals surface area contributed by atoms with Gasteiger partial charge in [-0.25, -0.2) is 4.79 Å². The molecule has 2 aromatic rings. The van der Waals surface area contributed by atoms with Crippen LogP contribution in [0.1, 0.15) is 45.9 Å². The Bertz CT molecular complexity index is 892. The van der Waals surface area contributed by atoms with E-state index in [0.29, 0.717) is 19.6 Å². The summed E-state index contributed by atoms with van der Waals surface area (Å²) in [6.07, 6.45) is 1.42. The predicted molar refractivity (Wildman–Crippen MR) is 106 cm³/mol. The Kier molecular flexibility index (Phi) is 4.56. The lowest BCUT2D eigenvalue weighted by atomic mass is 9.75. The highest BCUT2D eigenvalue weighted by atomic mass is 32.1. The molecule has 1 aromatic heterocycles. The van der Waals surface area contributed by atoms with Gasteiger partial charge in [-0.1, -0.05) is 26.0 Å². The zero-order chi connectivity index (χ0) is 19.2. The van der Waals surface area contributed by atoms with E-state index in [2.05, 4.69) is 18.7 Å². The van der Waals surface area contributed by atoms with Crippen molar-refractivity contribution in [3.8, 4) is 11.1 Å². The van der Waals surface area contributed by atoms with Crippen molar-refractivity contribution >= 4 is 28.1 Å². The molecule has 1 N–H and O–H groups in total. The van der Waals surface area contributed by atoms with Crippen LogP contribution in [0.25, 0.3) is 11.1 Å². The molecule has 0 amide bonds. The number of rotatable bonds is 3. The molecule has 0 spiro atoms. The molecule has 0 unspecified atom stereocenters. The summed E-state index contributed by atoms with van der Waals surface area (Å²) in [5, 5.41) is 10.3. The SMILES string of the molecule is CC1(C)CC(=O)c2sc(N3CCOCC3)c(-c3ccc(C(=O)O)cc3)c2C1. The summed E-state index contributed by atoms with van der Waals surface area (Å²) in [7, 11) is 0. The summed E-state index contributed by atoms with van der Waals surface area (Å²) in [6.45, 7) is 7.24. The second kappa shape index (κ2) is 6.77. The number of ether oxygens (including phenoxy) is 1. The Hall–Kier alpha value is -2.18. The van der Waals surface area contributed by atoms with Crippen LogP contribution in [0.3, 0.4) is 0 Å². The van der Waals surface area contributed by atoms with Gasteiger partial charge in [-0.15, -0.1) is 11.3 Å². The molecule has 1 aromatic carbocycles. The second-order valence-electron chi connectivity index (χ2n) is 8.01. The minimum absolute atomic E-state index is 0.0663. The number of thiophene rings is 1. The van der Waals surface area contributed by atoms with Gasteiger partial charge in [-0.3, -0.25) is 4.79 Å². The second-order valence-corrected chi connectivity index (χ2v) is 9.01. The van der Waals surface area contributed by atoms with Gasteiger partial charge in [0.05, 0.1) is 28.7 Å². The molecule has 1 fully saturated rings. The van der Waals surface area contributed by atoms with Crippen molar-refractivity contribution in [1.82, 2.24) is 0 Å². The lowest BCUT2D eigenvalue weighted by Gasteiger charge is -2.30. The maximum atomic E-state index is 12.8. The number of nitrogens with zero attached hydrogens (tertiary/aromatic N) is 1. The highest BCUT2D eigenvalue weighted by Crippen LogP contribution is 2.49. The summed E-state index contributed by atoms with van der Waals surface area (Å²) < 4.78 is 5.50. The summed E-state index contributed by atoms with van der Waals surface area (Å²) >= 11 is 1.59. The predicted octanol–water partition coefficient (Wildman–Crippen LogP) is 4.11. The first kappa shape index (κ1) is 18.2. The first-order valence-electron chi connectivity index (χ1n) is 9.21. The minimum Gasteiger partial charge on any atom is -0.478 e. The van der Waals surface area contributed by atoms with E-state index in [0.717, 1.165) is 46.1 Å². The van der Waals surface area contributed by atoms with Crippen LogP contribution >= 0.6 is 11.3 Å². The Morgan fingerprint density at radius 1 is 1.15 bits per heavy atom. The lowest BCUT2D eigenvalue weighted by molar-refractivity contribution is 0.0696. The molecule has 0 saturated carbocycles. The molecular formula is C21H23NO4S. The number of carboxylic acids is 1. The van der Waals surface area contributed by atoms with Crippen molar-refractivity contribution in [3.63, 3.8) is 0 Å². The van der Waals surface area contributed by atoms with Gasteiger partial charge in [0.2, 0.25) is 0 Å². The number of hydrogen-bond donors (Lipinski definition) is 1. The van der Waals surface area contributed by atoms with E-state index >= 15 is 0 Å². The molecule has 4 rings (SSSR count). The normalized spacial score (nSPS) is 19.0. The van der Waals surface area contributed by atoms with E-state index in [-0.39, 0.29) is 16.8 Å². The quantitative estimate of drug-likeness (QED) is 0.861. The molecule has 27 heavy (non-hydrogen) atoms. The van der Waals surface area contributed by atoms with Gasteiger partial charge >= 0.3 is 5.97 Å². The summed E-state index contributed by atoms with van der Waals surface area (Å²) in [5.74, 6) is -0.715. The van der Waals surface area contributed by atoms with Crippen LogP contribution in [0.4, 0.5) is 5.00 Å². The van der Waals surface area contributed by atoms with Gasteiger partial charge in [0.15, 0.2) is 5.78 Å². The van der Waals surface area contributed by atoms with Gasteiger partial charge in [0, 0.05) is 25.1 Å². The number of hydrogen-bond acceptors (Lipinski definition) is 5. The fourth-order valence-electron chi connectivity index (χ4n) is 3.97. The molecule has 142 valence electrons. The van der Waals surface area contributed by atoms with Crippen LogP contribution in [0, 0.1) is 5.41 Å². The zero-order valence-electron chi connectivity index (χ0n) is 15.6. The van der Waals surface area contributed by atoms with E-state index in [1.165, 1.54) is 0 Å². The van der Waals surface area contributed by atoms with E-state index in [1.54, 1.807) is 23.5 Å². The highest BCUT2D eigenvalue weighted by molar-refractivity contribution is 7.19. The Morgan fingerprint density at radius 3 is 2.44 bits per heavy atom. The molecule has 1 aliphatic carbocycles. The fraction of sp³-hybridized carbons (Fsp3) is 0.429. The molecule has 1 aliphatic heterocycles. The average molecular weight is 385 g/mol. The number of benzene rings is 1. The first-order chi connectivity index (χ1) is 12.9. The molecule has 0 bridgehead atoms. The van der Waals surface area contributed by atoms with Gasteiger partial charge in [-0.05, 0) is 35.1 Å². The van der Waals surface area contributed by atoms with Crippen molar-refractivity contribution < 1.29 is 19.4 Å². The molecule has 2 heterocycles. The van der Waals surface area contributed by atoms with E-state index < -0.39 is 5.97 Å². The molecule has 2 aliphatic rings. The third-order valence-corrected chi connectivity index (χ3v) is 6.59. The number of carbonyl (C=O) groups excluding carboxylic acids is 1. The third kappa shape index (κ3) is 3.39. The third-order valence-electron chi connectivity index (χ3n) is 5.25. The number of ketones is 1. The monoisotopic (exact) mass is 385 g/mol. The van der Waals surface area contributed by atoms with Crippen LogP contribution in [-0.4, -0.2) is 43.2 Å². The van der Waals surface area contributed by atoms with Crippen molar-refractivity contribution in [2.45, 2.75) is 26.7 Å². The Balaban J connectivity index is 1.87. The van der Waals surface area contributed by atoms with Crippen LogP contribution in [0.5, 0.6) is 0 Å². The van der Waals surface area contributed by atoms with Crippen LogP contribution in [0.2, 0.25) is 0 Å². The van der Waals surface area contributed by atoms with Crippen molar-refractivity contribution in [2.75, 3.05) is 31.2 Å². The average Bonchev–Trinajstić information content (AvgIpc) is 3.01. The number of aromatic carboxylic acids is 1. The number of morpholine rings is 1. The summed E-state index contributed by atoms with van der Waals surface area (Å²) in [5.41, 5.74) is 3.39. The zero-order valence-corrected chi connectivity index (χ0v) is 16.4. The van der Waals surface area contributed by atoms with Gasteiger partial charge in [0.1, 0.15) is 0 Å². The van der Waals surface area contributed by atoms with E-state index in [9.17, 15) is 14.7 Å². The Morgan fingerprint density at radius 2 is 1.81 bits per heavy atom. The van der Waals surface area contributed by atoms with E-state index in [4.69, 9.17) is 4.74 Å². The number of Topliss-reactive ketones (excluding diaryl/α,β-unsaturated/α-hetero) is 1. The molecular weight excluding hydrogens is 362 g/mol. The fourth-order valence-corrected chi connectivity index (χ4v) is 5.30. The summed E-state index contributed by atoms with van der Waals surface area (Å²) in [6, 6.07) is 7.00. The standard InChI is InChI=1S/C21H23NO4S/c1-21(2)11-15-17(13-3-5-14(6-4-13)20(24)25)19(22-7-9-26-10-8-22)27-18(15)16(23)12-21/h3-6H,7-12H2,1-2H3,(H,24,25). The number of fused-ring (bicyclic) bond motifs is 1. The van der Waals surface area contributed by atoms with Gasteiger partial charge in [0.25, 0.3) is 0 Å². The van der Waals surface area contributed by atoms with Gasteiger partial charge in [-0.2, -0.15) is 0 Å². The van der Waals surface area contributed by atoms with Crippen LogP contribution < -0.4 is 4.90 Å². The van der Waals surface area contributed by atoms with Gasteiger partial charge < -0.3 is 14.7 Å². The van der Waals surface area contributed by atoms with E-state index in [1.807, 2.05) is 12.1 Å². The van der Waals surface area contributed by atoms with Crippen LogP contribution in [0.15, 0.2) is 24.3 Å². The van der Waals surface area contributed by atoms with Crippen molar-refractivity contribution in [3.05, 3.63) is 40.3 Å². The highest BCUT2D eigenvalue weighted by Gasteiger charge is 2.37. The topological polar surface area (TPSA) is 66.8 Å². The molecule has 6 heteroatoms. The smallest absolute Gasteiger partial charge is 0.335 e. The summed E-state index contributed by atoms with van der Waals surface area (Å²) in [4.78, 5) is 27.2. The lowest BCUT2D eigenvalue weighted by Crippen LogP contribution is -2.36. The number of carbonyl (C=O) groups is 2. The molecule has 0 radical (unpaired) electrons. The molecule has 1 saturated heterocycles. The number of anilines is 1. The number of carboxylic acid groups (broad SMARTS) is 1. The molecule has 5 nitrogen and oxygen atoms in total. The molecule has 0 atom stereocenters. The van der Waals surface area contributed by atoms with Crippen molar-refractivity contribution in [2.24, 2.45) is 5.41 Å².